The van der Waals surface area contributed by atoms with E-state index in [9.17, 15) is 4.79 Å². The van der Waals surface area contributed by atoms with Crippen LogP contribution in [-0.4, -0.2) is 22.3 Å². The van der Waals surface area contributed by atoms with Crippen molar-refractivity contribution in [1.82, 2.24) is 9.88 Å². The average molecular weight is 342 g/mol. The van der Waals surface area contributed by atoms with Crippen LogP contribution in [0.15, 0.2) is 35.7 Å². The number of aromatic nitrogens is 1. The molecular formula is C18H18N2OS2. The quantitative estimate of drug-likeness (QED) is 0.654. The highest BCUT2D eigenvalue weighted by molar-refractivity contribution is 7.18. The van der Waals surface area contributed by atoms with E-state index < -0.39 is 0 Å². The van der Waals surface area contributed by atoms with Crippen LogP contribution in [0, 0.1) is 6.92 Å². The van der Waals surface area contributed by atoms with Crippen molar-refractivity contribution in [2.24, 2.45) is 0 Å². The third-order valence-electron chi connectivity index (χ3n) is 4.42. The maximum absolute atomic E-state index is 13.0. The fourth-order valence-electron chi connectivity index (χ4n) is 3.19. The van der Waals surface area contributed by atoms with E-state index in [0.29, 0.717) is 0 Å². The van der Waals surface area contributed by atoms with E-state index in [1.807, 2.05) is 41.5 Å². The lowest BCUT2D eigenvalue weighted by molar-refractivity contribution is 0.0616. The highest BCUT2D eigenvalue weighted by atomic mass is 32.1. The van der Waals surface area contributed by atoms with Gasteiger partial charge in [-0.1, -0.05) is 12.1 Å². The Balaban J connectivity index is 1.70. The first-order chi connectivity index (χ1) is 11.2. The molecule has 0 aliphatic carbocycles. The summed E-state index contributed by atoms with van der Waals surface area (Å²) in [5.74, 6) is 0.168. The Bertz CT molecular complexity index is 818. The molecule has 1 aromatic carbocycles. The van der Waals surface area contributed by atoms with Crippen molar-refractivity contribution in [1.29, 1.82) is 0 Å². The number of thiazole rings is 1. The van der Waals surface area contributed by atoms with Crippen LogP contribution < -0.4 is 0 Å². The van der Waals surface area contributed by atoms with Crippen LogP contribution in [0.2, 0.25) is 0 Å². The van der Waals surface area contributed by atoms with Gasteiger partial charge in [-0.05, 0) is 55.3 Å². The number of benzene rings is 1. The number of thiophene rings is 1. The number of para-hydroxylation sites is 1. The van der Waals surface area contributed by atoms with Gasteiger partial charge in [-0.2, -0.15) is 0 Å². The lowest BCUT2D eigenvalue weighted by atomic mass is 10.0. The molecule has 1 aliphatic rings. The van der Waals surface area contributed by atoms with Gasteiger partial charge in [0.2, 0.25) is 0 Å². The number of fused-ring (bicyclic) bond motifs is 1. The maximum Gasteiger partial charge on any atom is 0.264 e. The fourth-order valence-corrected chi connectivity index (χ4v) is 5.18. The molecule has 1 atom stereocenters. The van der Waals surface area contributed by atoms with Crippen molar-refractivity contribution >= 4 is 38.8 Å². The van der Waals surface area contributed by atoms with Gasteiger partial charge in [0.15, 0.2) is 0 Å². The average Bonchev–Trinajstić information content (AvgIpc) is 3.20. The minimum atomic E-state index is 0.121. The molecule has 5 heteroatoms. The van der Waals surface area contributed by atoms with Crippen LogP contribution in [0.25, 0.3) is 10.2 Å². The lowest BCUT2D eigenvalue weighted by Crippen LogP contribution is -2.38. The highest BCUT2D eigenvalue weighted by Gasteiger charge is 2.31. The van der Waals surface area contributed by atoms with Gasteiger partial charge in [0, 0.05) is 6.54 Å². The third-order valence-corrected chi connectivity index (χ3v) is 6.56. The molecule has 1 unspecified atom stereocenters. The van der Waals surface area contributed by atoms with Crippen LogP contribution in [0.5, 0.6) is 0 Å². The summed E-state index contributed by atoms with van der Waals surface area (Å²) >= 11 is 3.27. The zero-order valence-electron chi connectivity index (χ0n) is 13.0. The van der Waals surface area contributed by atoms with E-state index in [-0.39, 0.29) is 11.9 Å². The van der Waals surface area contributed by atoms with Gasteiger partial charge < -0.3 is 4.90 Å². The number of rotatable bonds is 2. The van der Waals surface area contributed by atoms with Crippen molar-refractivity contribution in [3.63, 3.8) is 0 Å². The Morgan fingerprint density at radius 3 is 2.91 bits per heavy atom. The molecule has 0 radical (unpaired) electrons. The number of likely N-dealkylation sites (tertiary alicyclic amines) is 1. The van der Waals surface area contributed by atoms with Crippen LogP contribution in [0.1, 0.15) is 45.5 Å². The second-order valence-corrected chi connectivity index (χ2v) is 7.94. The molecule has 0 bridgehead atoms. The fraction of sp³-hybridized carbons (Fsp3) is 0.333. The minimum Gasteiger partial charge on any atom is -0.328 e. The van der Waals surface area contributed by atoms with Gasteiger partial charge in [-0.15, -0.1) is 22.7 Å². The zero-order chi connectivity index (χ0) is 15.8. The molecule has 1 fully saturated rings. The number of nitrogens with zero attached hydrogens (tertiary/aromatic N) is 2. The summed E-state index contributed by atoms with van der Waals surface area (Å²) in [5, 5.41) is 3.08. The van der Waals surface area contributed by atoms with Crippen molar-refractivity contribution < 1.29 is 4.79 Å². The van der Waals surface area contributed by atoms with E-state index in [1.54, 1.807) is 22.7 Å². The number of carbonyl (C=O) groups is 1. The summed E-state index contributed by atoms with van der Waals surface area (Å²) in [7, 11) is 0. The van der Waals surface area contributed by atoms with Crippen LogP contribution in [0.4, 0.5) is 0 Å². The Kier molecular flexibility index (Phi) is 3.91. The molecule has 3 nitrogen and oxygen atoms in total. The van der Waals surface area contributed by atoms with E-state index in [2.05, 4.69) is 6.07 Å². The summed E-state index contributed by atoms with van der Waals surface area (Å²) in [4.78, 5) is 20.7. The largest absolute Gasteiger partial charge is 0.328 e. The summed E-state index contributed by atoms with van der Waals surface area (Å²) in [6.07, 6.45) is 3.25. The van der Waals surface area contributed by atoms with E-state index in [1.165, 1.54) is 4.70 Å². The number of aryl methyl sites for hydroxylation is 1. The van der Waals surface area contributed by atoms with Gasteiger partial charge in [-0.3, -0.25) is 4.79 Å². The number of hydrogen-bond acceptors (Lipinski definition) is 4. The van der Waals surface area contributed by atoms with Crippen molar-refractivity contribution in [2.45, 2.75) is 32.2 Å². The molecule has 1 aliphatic heterocycles. The molecule has 2 aromatic heterocycles. The van der Waals surface area contributed by atoms with E-state index in [4.69, 9.17) is 4.98 Å². The molecule has 0 saturated carbocycles. The predicted molar refractivity (Wildman–Crippen MR) is 96.3 cm³/mol. The number of hydrogen-bond donors (Lipinski definition) is 0. The van der Waals surface area contributed by atoms with Gasteiger partial charge in [0.1, 0.15) is 5.01 Å². The molecule has 4 rings (SSSR count). The molecule has 0 spiro atoms. The van der Waals surface area contributed by atoms with Gasteiger partial charge in [-0.25, -0.2) is 4.98 Å². The third kappa shape index (κ3) is 2.68. The van der Waals surface area contributed by atoms with Gasteiger partial charge >= 0.3 is 0 Å². The second-order valence-electron chi connectivity index (χ2n) is 5.96. The van der Waals surface area contributed by atoms with Crippen molar-refractivity contribution in [2.75, 3.05) is 6.54 Å². The van der Waals surface area contributed by atoms with Crippen molar-refractivity contribution in [3.8, 4) is 0 Å². The number of carbonyl (C=O) groups excluding carboxylic acids is 1. The van der Waals surface area contributed by atoms with Gasteiger partial charge in [0.25, 0.3) is 5.91 Å². The second kappa shape index (κ2) is 6.06. The Hall–Kier alpha value is -1.72. The predicted octanol–water partition coefficient (Wildman–Crippen LogP) is 5.03. The molecule has 0 N–H and O–H groups in total. The molecular weight excluding hydrogens is 324 g/mol. The molecule has 23 heavy (non-hydrogen) atoms. The summed E-state index contributed by atoms with van der Waals surface area (Å²) < 4.78 is 1.20. The Labute approximate surface area is 143 Å². The minimum absolute atomic E-state index is 0.121. The topological polar surface area (TPSA) is 33.2 Å². The number of piperidine rings is 1. The van der Waals surface area contributed by atoms with Gasteiger partial charge in [0.05, 0.1) is 21.1 Å². The Morgan fingerprint density at radius 1 is 1.26 bits per heavy atom. The SMILES string of the molecule is Cc1ccsc1C(=O)N1CCCCC1c1nc2ccccc2s1. The zero-order valence-corrected chi connectivity index (χ0v) is 14.6. The molecule has 118 valence electrons. The molecule has 1 saturated heterocycles. The highest BCUT2D eigenvalue weighted by Crippen LogP contribution is 2.37. The Morgan fingerprint density at radius 2 is 2.13 bits per heavy atom. The summed E-state index contributed by atoms with van der Waals surface area (Å²) in [6, 6.07) is 10.4. The van der Waals surface area contributed by atoms with Crippen LogP contribution in [-0.2, 0) is 0 Å². The summed E-state index contributed by atoms with van der Waals surface area (Å²) in [5.41, 5.74) is 2.12. The first-order valence-electron chi connectivity index (χ1n) is 7.94. The molecule has 3 heterocycles. The first kappa shape index (κ1) is 14.8. The standard InChI is InChI=1S/C18H18N2OS2/c1-12-9-11-22-16(12)18(21)20-10-5-4-7-14(20)17-19-13-6-2-3-8-15(13)23-17/h2-3,6,8-9,11,14H,4-5,7,10H2,1H3. The van der Waals surface area contributed by atoms with E-state index >= 15 is 0 Å². The van der Waals surface area contributed by atoms with Crippen LogP contribution >= 0.6 is 22.7 Å². The summed E-state index contributed by atoms with van der Waals surface area (Å²) in [6.45, 7) is 2.84. The lowest BCUT2D eigenvalue weighted by Gasteiger charge is -2.34. The molecule has 3 aromatic rings. The first-order valence-corrected chi connectivity index (χ1v) is 9.64. The monoisotopic (exact) mass is 342 g/mol. The maximum atomic E-state index is 13.0. The van der Waals surface area contributed by atoms with Crippen molar-refractivity contribution in [3.05, 3.63) is 51.2 Å². The van der Waals surface area contributed by atoms with E-state index in [0.717, 1.165) is 46.8 Å². The molecule has 1 amide bonds. The smallest absolute Gasteiger partial charge is 0.264 e. The van der Waals surface area contributed by atoms with Crippen LogP contribution in [0.3, 0.4) is 0 Å². The normalized spacial score (nSPS) is 18.5. The number of amides is 1.